The molecule has 0 bridgehead atoms. The van der Waals surface area contributed by atoms with Gasteiger partial charge in [0.25, 0.3) is 0 Å². The highest BCUT2D eigenvalue weighted by Gasteiger charge is 2.19. The quantitative estimate of drug-likeness (QED) is 0.543. The molecule has 0 amide bonds. The first kappa shape index (κ1) is 17.7. The highest BCUT2D eigenvalue weighted by Crippen LogP contribution is 2.45. The average molecular weight is 310 g/mol. The van der Waals surface area contributed by atoms with E-state index in [1.54, 1.807) is 12.1 Å². The van der Waals surface area contributed by atoms with Crippen molar-refractivity contribution < 1.29 is 28.5 Å². The van der Waals surface area contributed by atoms with Gasteiger partial charge in [-0.3, -0.25) is 0 Å². The number of benzene rings is 1. The van der Waals surface area contributed by atoms with Crippen molar-refractivity contribution >= 4 is 12.0 Å². The van der Waals surface area contributed by atoms with E-state index in [2.05, 4.69) is 0 Å². The van der Waals surface area contributed by atoms with E-state index in [-0.39, 0.29) is 0 Å². The van der Waals surface area contributed by atoms with E-state index in [0.717, 1.165) is 6.42 Å². The van der Waals surface area contributed by atoms with Crippen molar-refractivity contribution in [1.29, 1.82) is 0 Å². The average Bonchev–Trinajstić information content (AvgIpc) is 2.56. The molecule has 0 atom stereocenters. The maximum Gasteiger partial charge on any atom is 0.330 e. The molecule has 0 aliphatic carbocycles. The minimum Gasteiger partial charge on any atom is -0.496 e. The summed E-state index contributed by atoms with van der Waals surface area (Å²) in [5, 5.41) is 0. The first-order valence-electron chi connectivity index (χ1n) is 6.84. The number of esters is 1. The fourth-order valence-electron chi connectivity index (χ4n) is 1.88. The highest BCUT2D eigenvalue weighted by atomic mass is 16.5. The fourth-order valence-corrected chi connectivity index (χ4v) is 1.88. The Morgan fingerprint density at radius 3 is 2.14 bits per heavy atom. The van der Waals surface area contributed by atoms with Gasteiger partial charge in [-0.05, 0) is 12.5 Å². The molecule has 1 aromatic rings. The number of carbonyl (C=O) groups excluding carboxylic acids is 1. The summed E-state index contributed by atoms with van der Waals surface area (Å²) in [4.78, 5) is 11.6. The van der Waals surface area contributed by atoms with Crippen LogP contribution in [-0.4, -0.2) is 41.0 Å². The number of carbonyl (C=O) groups is 1. The molecule has 0 aromatic heterocycles. The van der Waals surface area contributed by atoms with Crippen molar-refractivity contribution in [1.82, 2.24) is 0 Å². The molecular formula is C16H22O6. The molecule has 0 unspecified atom stereocenters. The van der Waals surface area contributed by atoms with E-state index < -0.39 is 5.97 Å². The van der Waals surface area contributed by atoms with Crippen LogP contribution in [0.15, 0.2) is 12.1 Å². The van der Waals surface area contributed by atoms with Crippen LogP contribution >= 0.6 is 0 Å². The molecule has 1 aromatic carbocycles. The normalized spacial score (nSPS) is 10.4. The Morgan fingerprint density at radius 2 is 1.64 bits per heavy atom. The van der Waals surface area contributed by atoms with Gasteiger partial charge >= 0.3 is 5.97 Å². The van der Waals surface area contributed by atoms with Crippen LogP contribution < -0.4 is 18.9 Å². The first-order valence-corrected chi connectivity index (χ1v) is 6.84. The van der Waals surface area contributed by atoms with E-state index >= 15 is 0 Å². The molecule has 0 radical (unpaired) electrons. The van der Waals surface area contributed by atoms with Gasteiger partial charge in [-0.25, -0.2) is 4.79 Å². The van der Waals surface area contributed by atoms with Crippen LogP contribution in [0.5, 0.6) is 23.0 Å². The van der Waals surface area contributed by atoms with E-state index in [1.165, 1.54) is 34.5 Å². The van der Waals surface area contributed by atoms with Gasteiger partial charge in [0.15, 0.2) is 11.5 Å². The summed E-state index contributed by atoms with van der Waals surface area (Å²) in [6.07, 6.45) is 3.65. The summed E-state index contributed by atoms with van der Waals surface area (Å²) in [5.74, 6) is 1.38. The minimum atomic E-state index is -0.430. The number of methoxy groups -OCH3 is 4. The van der Waals surface area contributed by atoms with Gasteiger partial charge in [-0.1, -0.05) is 6.92 Å². The molecule has 0 aliphatic rings. The predicted octanol–water partition coefficient (Wildman–Crippen LogP) is 2.69. The Kier molecular flexibility index (Phi) is 7.08. The summed E-state index contributed by atoms with van der Waals surface area (Å²) in [6, 6.07) is 1.67. The lowest BCUT2D eigenvalue weighted by Crippen LogP contribution is -2.02. The molecule has 0 saturated carbocycles. The van der Waals surface area contributed by atoms with E-state index in [0.29, 0.717) is 35.2 Å². The monoisotopic (exact) mass is 310 g/mol. The van der Waals surface area contributed by atoms with Crippen LogP contribution in [0.2, 0.25) is 0 Å². The standard InChI is InChI=1S/C16H22O6/c1-6-9-22-14(17)8-7-11-12(18-2)10-13(19-3)16(21-5)15(11)20-4/h7-8,10H,6,9H2,1-5H3. The van der Waals surface area contributed by atoms with Crippen molar-refractivity contribution in [3.63, 3.8) is 0 Å². The number of ether oxygens (including phenoxy) is 5. The number of hydrogen-bond donors (Lipinski definition) is 0. The zero-order valence-corrected chi connectivity index (χ0v) is 13.6. The smallest absolute Gasteiger partial charge is 0.330 e. The minimum absolute atomic E-state index is 0.378. The molecule has 6 heteroatoms. The van der Waals surface area contributed by atoms with Gasteiger partial charge in [0.05, 0.1) is 40.6 Å². The Morgan fingerprint density at radius 1 is 1.00 bits per heavy atom. The molecule has 0 aliphatic heterocycles. The first-order chi connectivity index (χ1) is 10.6. The van der Waals surface area contributed by atoms with Gasteiger partial charge in [-0.15, -0.1) is 0 Å². The zero-order chi connectivity index (χ0) is 16.5. The second-order valence-corrected chi connectivity index (χ2v) is 4.26. The fraction of sp³-hybridized carbons (Fsp3) is 0.438. The van der Waals surface area contributed by atoms with Crippen LogP contribution in [-0.2, 0) is 9.53 Å². The molecule has 0 spiro atoms. The van der Waals surface area contributed by atoms with E-state index in [4.69, 9.17) is 23.7 Å². The van der Waals surface area contributed by atoms with Gasteiger partial charge in [0.1, 0.15) is 5.75 Å². The summed E-state index contributed by atoms with van der Waals surface area (Å²) in [5.41, 5.74) is 0.566. The van der Waals surface area contributed by atoms with Crippen molar-refractivity contribution in [2.45, 2.75) is 13.3 Å². The zero-order valence-electron chi connectivity index (χ0n) is 13.6. The van der Waals surface area contributed by atoms with Crippen molar-refractivity contribution in [2.24, 2.45) is 0 Å². The van der Waals surface area contributed by atoms with E-state index in [1.807, 2.05) is 6.92 Å². The number of hydrogen-bond acceptors (Lipinski definition) is 6. The van der Waals surface area contributed by atoms with Crippen molar-refractivity contribution in [2.75, 3.05) is 35.0 Å². The summed E-state index contributed by atoms with van der Waals surface area (Å²) >= 11 is 0. The van der Waals surface area contributed by atoms with Crippen LogP contribution in [0.3, 0.4) is 0 Å². The molecule has 6 nitrogen and oxygen atoms in total. The lowest BCUT2D eigenvalue weighted by atomic mass is 10.1. The maximum absolute atomic E-state index is 11.6. The third kappa shape index (κ3) is 4.07. The lowest BCUT2D eigenvalue weighted by Gasteiger charge is -2.17. The van der Waals surface area contributed by atoms with Gasteiger partial charge in [0, 0.05) is 12.1 Å². The third-order valence-electron chi connectivity index (χ3n) is 2.88. The molecule has 22 heavy (non-hydrogen) atoms. The summed E-state index contributed by atoms with van der Waals surface area (Å²) < 4.78 is 26.3. The van der Waals surface area contributed by atoms with Gasteiger partial charge in [-0.2, -0.15) is 0 Å². The maximum atomic E-state index is 11.6. The molecule has 0 N–H and O–H groups in total. The highest BCUT2D eigenvalue weighted by molar-refractivity contribution is 5.89. The molecule has 0 saturated heterocycles. The van der Waals surface area contributed by atoms with Gasteiger partial charge < -0.3 is 23.7 Å². The van der Waals surface area contributed by atoms with Crippen molar-refractivity contribution in [3.05, 3.63) is 17.7 Å². The Labute approximate surface area is 130 Å². The largest absolute Gasteiger partial charge is 0.496 e. The lowest BCUT2D eigenvalue weighted by molar-refractivity contribution is -0.137. The van der Waals surface area contributed by atoms with Crippen LogP contribution in [0, 0.1) is 0 Å². The van der Waals surface area contributed by atoms with Crippen LogP contribution in [0.25, 0.3) is 6.08 Å². The molecule has 0 fully saturated rings. The van der Waals surface area contributed by atoms with E-state index in [9.17, 15) is 4.79 Å². The molecule has 1 rings (SSSR count). The number of rotatable bonds is 8. The van der Waals surface area contributed by atoms with Crippen molar-refractivity contribution in [3.8, 4) is 23.0 Å². The second kappa shape index (κ2) is 8.81. The SMILES string of the molecule is CCCOC(=O)C=Cc1c(OC)cc(OC)c(OC)c1OC. The van der Waals surface area contributed by atoms with Crippen LogP contribution in [0.4, 0.5) is 0 Å². The van der Waals surface area contributed by atoms with Crippen LogP contribution in [0.1, 0.15) is 18.9 Å². The molecule has 0 heterocycles. The predicted molar refractivity (Wildman–Crippen MR) is 82.9 cm³/mol. The topological polar surface area (TPSA) is 63.2 Å². The Hall–Kier alpha value is -2.37. The van der Waals surface area contributed by atoms with Gasteiger partial charge in [0.2, 0.25) is 5.75 Å². The second-order valence-electron chi connectivity index (χ2n) is 4.26. The molecular weight excluding hydrogens is 288 g/mol. The Bertz CT molecular complexity index is 536. The third-order valence-corrected chi connectivity index (χ3v) is 2.88. The molecule has 122 valence electrons. The Balaban J connectivity index is 3.26. The summed E-state index contributed by atoms with van der Waals surface area (Å²) in [6.45, 7) is 2.31. The summed E-state index contributed by atoms with van der Waals surface area (Å²) in [7, 11) is 6.06.